The summed E-state index contributed by atoms with van der Waals surface area (Å²) >= 11 is 13.0. The van der Waals surface area contributed by atoms with Gasteiger partial charge in [0.25, 0.3) is 0 Å². The lowest BCUT2D eigenvalue weighted by Crippen LogP contribution is -2.11. The highest BCUT2D eigenvalue weighted by Crippen LogP contribution is 2.47. The lowest BCUT2D eigenvalue weighted by molar-refractivity contribution is -0.114. The summed E-state index contributed by atoms with van der Waals surface area (Å²) in [5.41, 5.74) is 0.115. The molecule has 0 radical (unpaired) electrons. The molecule has 21 heavy (non-hydrogen) atoms. The Morgan fingerprint density at radius 2 is 2.05 bits per heavy atom. The van der Waals surface area contributed by atoms with Gasteiger partial charge in [-0.25, -0.2) is 4.79 Å². The fourth-order valence-electron chi connectivity index (χ4n) is 1.83. The largest absolute Gasteiger partial charge is 0.505 e. The lowest BCUT2D eigenvalue weighted by atomic mass is 10.1. The summed E-state index contributed by atoms with van der Waals surface area (Å²) in [5, 5.41) is 13.4. The lowest BCUT2D eigenvalue weighted by Gasteiger charge is -2.06. The Morgan fingerprint density at radius 3 is 2.62 bits per heavy atom. The fourth-order valence-corrected chi connectivity index (χ4v) is 3.71. The zero-order valence-corrected chi connectivity index (χ0v) is 13.4. The molecule has 0 aliphatic rings. The van der Waals surface area contributed by atoms with Crippen molar-refractivity contribution in [2.45, 2.75) is 13.8 Å². The van der Waals surface area contributed by atoms with Gasteiger partial charge in [-0.1, -0.05) is 23.2 Å². The van der Waals surface area contributed by atoms with Crippen molar-refractivity contribution in [3.8, 4) is 5.75 Å². The predicted octanol–water partition coefficient (Wildman–Crippen LogP) is 4.05. The number of anilines is 1. The van der Waals surface area contributed by atoms with Crippen molar-refractivity contribution in [1.29, 1.82) is 0 Å². The maximum atomic E-state index is 12.1. The molecule has 2 N–H and O–H groups in total. The number of nitrogens with one attached hydrogen (secondary N) is 1. The molecule has 1 amide bonds. The highest BCUT2D eigenvalue weighted by atomic mass is 35.5. The minimum Gasteiger partial charge on any atom is -0.505 e. The molecular formula is C13H11Cl2NO4S. The maximum absolute atomic E-state index is 12.1. The van der Waals surface area contributed by atoms with Gasteiger partial charge in [-0.3, -0.25) is 4.79 Å². The van der Waals surface area contributed by atoms with Gasteiger partial charge in [-0.2, -0.15) is 0 Å². The molecule has 1 heterocycles. The van der Waals surface area contributed by atoms with Crippen LogP contribution in [0.1, 0.15) is 24.2 Å². The number of carbonyl (C=O) groups is 2. The van der Waals surface area contributed by atoms with E-state index in [1.807, 2.05) is 0 Å². The van der Waals surface area contributed by atoms with E-state index in [-0.39, 0.29) is 38.9 Å². The molecule has 0 spiro atoms. The van der Waals surface area contributed by atoms with Crippen LogP contribution in [-0.2, 0) is 9.53 Å². The zero-order valence-electron chi connectivity index (χ0n) is 11.1. The van der Waals surface area contributed by atoms with Crippen LogP contribution in [0.15, 0.2) is 6.07 Å². The molecule has 2 rings (SSSR count). The van der Waals surface area contributed by atoms with Crippen molar-refractivity contribution >= 4 is 61.5 Å². The fraction of sp³-hybridized carbons (Fsp3) is 0.231. The molecule has 112 valence electrons. The Morgan fingerprint density at radius 1 is 1.38 bits per heavy atom. The quantitative estimate of drug-likeness (QED) is 0.821. The molecule has 0 unspecified atom stereocenters. The topological polar surface area (TPSA) is 75.6 Å². The van der Waals surface area contributed by atoms with Crippen molar-refractivity contribution < 1.29 is 19.4 Å². The number of benzene rings is 1. The van der Waals surface area contributed by atoms with E-state index in [0.717, 1.165) is 11.3 Å². The van der Waals surface area contributed by atoms with Gasteiger partial charge < -0.3 is 15.2 Å². The molecule has 2 aromatic rings. The van der Waals surface area contributed by atoms with Crippen LogP contribution in [-0.4, -0.2) is 23.6 Å². The molecule has 1 aromatic carbocycles. The third kappa shape index (κ3) is 2.92. The van der Waals surface area contributed by atoms with Crippen molar-refractivity contribution in [3.05, 3.63) is 21.7 Å². The first-order chi connectivity index (χ1) is 9.86. The third-order valence-electron chi connectivity index (χ3n) is 2.61. The van der Waals surface area contributed by atoms with Gasteiger partial charge in [0, 0.05) is 12.3 Å². The molecule has 5 nitrogen and oxygen atoms in total. The molecule has 0 atom stereocenters. The number of amides is 1. The number of ether oxygens (including phenoxy) is 1. The Labute approximate surface area is 134 Å². The van der Waals surface area contributed by atoms with E-state index < -0.39 is 5.97 Å². The van der Waals surface area contributed by atoms with Crippen LogP contribution >= 0.6 is 34.5 Å². The van der Waals surface area contributed by atoms with Crippen molar-refractivity contribution in [2.24, 2.45) is 0 Å². The van der Waals surface area contributed by atoms with E-state index in [0.29, 0.717) is 10.1 Å². The van der Waals surface area contributed by atoms with Gasteiger partial charge in [-0.15, -0.1) is 11.3 Å². The van der Waals surface area contributed by atoms with Crippen LogP contribution in [0.25, 0.3) is 10.1 Å². The minimum atomic E-state index is -0.629. The van der Waals surface area contributed by atoms with Gasteiger partial charge in [0.05, 0.1) is 21.4 Å². The number of carbonyl (C=O) groups excluding carboxylic acids is 2. The smallest absolute Gasteiger partial charge is 0.341 e. The highest BCUT2D eigenvalue weighted by molar-refractivity contribution is 7.24. The molecular weight excluding hydrogens is 337 g/mol. The van der Waals surface area contributed by atoms with Crippen LogP contribution < -0.4 is 5.32 Å². The second kappa shape index (κ2) is 6.09. The van der Waals surface area contributed by atoms with E-state index in [1.165, 1.54) is 13.0 Å². The summed E-state index contributed by atoms with van der Waals surface area (Å²) in [6.07, 6.45) is 0. The van der Waals surface area contributed by atoms with Crippen LogP contribution in [0.3, 0.4) is 0 Å². The van der Waals surface area contributed by atoms with Crippen molar-refractivity contribution in [3.63, 3.8) is 0 Å². The average Bonchev–Trinajstić information content (AvgIpc) is 2.75. The normalized spacial score (nSPS) is 10.7. The number of halogens is 2. The number of aromatic hydroxyl groups is 1. The molecule has 1 aromatic heterocycles. The summed E-state index contributed by atoms with van der Waals surface area (Å²) in [7, 11) is 0. The first-order valence-electron chi connectivity index (χ1n) is 5.95. The molecule has 0 saturated heterocycles. The number of hydrogen-bond donors (Lipinski definition) is 2. The SMILES string of the molecule is CCOC(=O)c1c(NC(C)=O)sc2c(O)c(Cl)cc(Cl)c12. The Balaban J connectivity index is 2.79. The number of phenolic OH excluding ortho intramolecular Hbond substituents is 1. The van der Waals surface area contributed by atoms with Gasteiger partial charge in [0.1, 0.15) is 10.6 Å². The molecule has 0 saturated carbocycles. The third-order valence-corrected chi connectivity index (χ3v) is 4.31. The summed E-state index contributed by atoms with van der Waals surface area (Å²) < 4.78 is 5.30. The molecule has 0 bridgehead atoms. The average molecular weight is 348 g/mol. The van der Waals surface area contributed by atoms with Crippen LogP contribution in [0.4, 0.5) is 5.00 Å². The Hall–Kier alpha value is -1.50. The minimum absolute atomic E-state index is 0.0681. The Kier molecular flexibility index (Phi) is 4.61. The number of esters is 1. The Bertz CT molecular complexity index is 742. The van der Waals surface area contributed by atoms with Gasteiger partial charge in [-0.05, 0) is 13.0 Å². The van der Waals surface area contributed by atoms with E-state index in [4.69, 9.17) is 27.9 Å². The second-order valence-electron chi connectivity index (χ2n) is 4.10. The van der Waals surface area contributed by atoms with E-state index in [2.05, 4.69) is 5.32 Å². The standard InChI is InChI=1S/C13H11Cl2NO4S/c1-3-20-13(19)9-8-6(14)4-7(15)10(18)11(8)21-12(9)16-5(2)17/h4,18H,3H2,1-2H3,(H,16,17). The maximum Gasteiger partial charge on any atom is 0.341 e. The number of thiophene rings is 1. The summed E-state index contributed by atoms with van der Waals surface area (Å²) in [6.45, 7) is 3.15. The number of hydrogen-bond acceptors (Lipinski definition) is 5. The summed E-state index contributed by atoms with van der Waals surface area (Å²) in [6, 6.07) is 1.34. The molecule has 0 fully saturated rings. The van der Waals surface area contributed by atoms with Crippen LogP contribution in [0.2, 0.25) is 10.0 Å². The summed E-state index contributed by atoms with van der Waals surface area (Å²) in [4.78, 5) is 23.4. The number of fused-ring (bicyclic) bond motifs is 1. The highest BCUT2D eigenvalue weighted by Gasteiger charge is 2.25. The molecule has 0 aliphatic carbocycles. The monoisotopic (exact) mass is 347 g/mol. The van der Waals surface area contributed by atoms with Gasteiger partial charge >= 0.3 is 5.97 Å². The van der Waals surface area contributed by atoms with Crippen LogP contribution in [0, 0.1) is 0 Å². The van der Waals surface area contributed by atoms with Crippen molar-refractivity contribution in [2.75, 3.05) is 11.9 Å². The molecule has 0 aliphatic heterocycles. The second-order valence-corrected chi connectivity index (χ2v) is 5.94. The van der Waals surface area contributed by atoms with Gasteiger partial charge in [0.15, 0.2) is 5.75 Å². The predicted molar refractivity (Wildman–Crippen MR) is 83.8 cm³/mol. The molecule has 8 heteroatoms. The van der Waals surface area contributed by atoms with Crippen molar-refractivity contribution in [1.82, 2.24) is 0 Å². The first-order valence-corrected chi connectivity index (χ1v) is 7.52. The summed E-state index contributed by atoms with van der Waals surface area (Å²) in [5.74, 6) is -1.17. The zero-order chi connectivity index (χ0) is 15.7. The number of rotatable bonds is 3. The van der Waals surface area contributed by atoms with E-state index in [1.54, 1.807) is 6.92 Å². The van der Waals surface area contributed by atoms with E-state index >= 15 is 0 Å². The van der Waals surface area contributed by atoms with Gasteiger partial charge in [0.2, 0.25) is 5.91 Å². The van der Waals surface area contributed by atoms with E-state index in [9.17, 15) is 14.7 Å². The first kappa shape index (κ1) is 15.9. The van der Waals surface area contributed by atoms with Crippen LogP contribution in [0.5, 0.6) is 5.75 Å². The number of phenols is 1.